The first-order valence-electron chi connectivity index (χ1n) is 8.46. The van der Waals surface area contributed by atoms with Gasteiger partial charge in [0.1, 0.15) is 0 Å². The first-order valence-corrected chi connectivity index (χ1v) is 9.34. The van der Waals surface area contributed by atoms with Crippen LogP contribution in [0.25, 0.3) is 21.6 Å². The fourth-order valence-electron chi connectivity index (χ4n) is 3.17. The van der Waals surface area contributed by atoms with E-state index in [1.54, 1.807) is 16.0 Å². The number of nitrogens with one attached hydrogen (secondary N) is 1. The number of hydrogen-bond donors (Lipinski definition) is 2. The molecule has 1 amide bonds. The second-order valence-electron chi connectivity index (χ2n) is 6.65. The van der Waals surface area contributed by atoms with Crippen molar-refractivity contribution in [2.24, 2.45) is 18.7 Å². The van der Waals surface area contributed by atoms with Crippen molar-refractivity contribution in [3.63, 3.8) is 0 Å². The van der Waals surface area contributed by atoms with Gasteiger partial charge in [0.15, 0.2) is 5.65 Å². The van der Waals surface area contributed by atoms with Crippen LogP contribution < -0.4 is 11.1 Å². The van der Waals surface area contributed by atoms with Crippen LogP contribution in [0.2, 0.25) is 0 Å². The molecule has 4 rings (SSSR count). The highest BCUT2D eigenvalue weighted by Gasteiger charge is 2.29. The van der Waals surface area contributed by atoms with Crippen LogP contribution in [0.1, 0.15) is 28.9 Å². The van der Waals surface area contributed by atoms with Crippen molar-refractivity contribution in [1.29, 1.82) is 0 Å². The summed E-state index contributed by atoms with van der Waals surface area (Å²) in [4.78, 5) is 18.6. The zero-order valence-corrected chi connectivity index (χ0v) is 17.6. The molecule has 0 bridgehead atoms. The number of aromatic nitrogens is 3. The molecule has 1 aliphatic rings. The summed E-state index contributed by atoms with van der Waals surface area (Å²) < 4.78 is 1.73. The van der Waals surface area contributed by atoms with Gasteiger partial charge < -0.3 is 11.1 Å². The maximum absolute atomic E-state index is 12.9. The molecule has 0 aromatic carbocycles. The summed E-state index contributed by atoms with van der Waals surface area (Å²) >= 11 is 1.60. The molecule has 0 aliphatic heterocycles. The average molecular weight is 428 g/mol. The SMILES string of the molecule is Cc1nn(C)c2nc(-c3cccs3)cc(C(=O)NCC(N)C3CC3)c12.Cl.Cl. The first-order chi connectivity index (χ1) is 12.0. The van der Waals surface area contributed by atoms with E-state index in [0.717, 1.165) is 27.3 Å². The fraction of sp³-hybridized carbons (Fsp3) is 0.389. The quantitative estimate of drug-likeness (QED) is 0.653. The average Bonchev–Trinajstić information content (AvgIpc) is 3.23. The number of carbonyl (C=O) groups is 1. The van der Waals surface area contributed by atoms with Crippen LogP contribution in [0, 0.1) is 12.8 Å². The summed E-state index contributed by atoms with van der Waals surface area (Å²) in [5, 5.41) is 10.2. The Balaban J connectivity index is 0.00000131. The van der Waals surface area contributed by atoms with E-state index in [1.165, 1.54) is 12.8 Å². The van der Waals surface area contributed by atoms with Crippen LogP contribution in [-0.2, 0) is 7.05 Å². The van der Waals surface area contributed by atoms with Gasteiger partial charge in [0.2, 0.25) is 0 Å². The van der Waals surface area contributed by atoms with E-state index in [0.29, 0.717) is 18.0 Å². The van der Waals surface area contributed by atoms with E-state index < -0.39 is 0 Å². The summed E-state index contributed by atoms with van der Waals surface area (Å²) in [7, 11) is 1.85. The third kappa shape index (κ3) is 4.27. The van der Waals surface area contributed by atoms with Gasteiger partial charge in [-0.1, -0.05) is 6.07 Å². The van der Waals surface area contributed by atoms with Gasteiger partial charge in [-0.05, 0) is 43.2 Å². The number of nitrogens with zero attached hydrogens (tertiary/aromatic N) is 3. The van der Waals surface area contributed by atoms with Crippen molar-refractivity contribution in [3.8, 4) is 10.6 Å². The minimum Gasteiger partial charge on any atom is -0.350 e. The Kier molecular flexibility index (Phi) is 6.86. The Bertz CT molecular complexity index is 937. The monoisotopic (exact) mass is 427 g/mol. The number of thiophene rings is 1. The number of aryl methyl sites for hydroxylation is 2. The lowest BCUT2D eigenvalue weighted by Crippen LogP contribution is -2.38. The molecule has 1 atom stereocenters. The van der Waals surface area contributed by atoms with E-state index in [-0.39, 0.29) is 36.8 Å². The molecule has 1 aliphatic carbocycles. The van der Waals surface area contributed by atoms with Crippen LogP contribution >= 0.6 is 36.2 Å². The zero-order valence-electron chi connectivity index (χ0n) is 15.1. The van der Waals surface area contributed by atoms with Gasteiger partial charge in [-0.2, -0.15) is 5.10 Å². The van der Waals surface area contributed by atoms with Crippen LogP contribution in [0.4, 0.5) is 0 Å². The highest BCUT2D eigenvalue weighted by Crippen LogP contribution is 2.31. The summed E-state index contributed by atoms with van der Waals surface area (Å²) in [6, 6.07) is 5.88. The highest BCUT2D eigenvalue weighted by atomic mass is 35.5. The largest absolute Gasteiger partial charge is 0.350 e. The molecule has 0 spiro atoms. The zero-order chi connectivity index (χ0) is 17.6. The number of nitrogens with two attached hydrogens (primary N) is 1. The number of fused-ring (bicyclic) bond motifs is 1. The molecule has 6 nitrogen and oxygen atoms in total. The summed E-state index contributed by atoms with van der Waals surface area (Å²) in [6.45, 7) is 2.41. The predicted molar refractivity (Wildman–Crippen MR) is 114 cm³/mol. The van der Waals surface area contributed by atoms with Gasteiger partial charge in [-0.3, -0.25) is 9.48 Å². The number of pyridine rings is 1. The lowest BCUT2D eigenvalue weighted by Gasteiger charge is -2.13. The summed E-state index contributed by atoms with van der Waals surface area (Å²) in [5.74, 6) is 0.442. The molecule has 1 unspecified atom stereocenters. The fourth-order valence-corrected chi connectivity index (χ4v) is 3.86. The predicted octanol–water partition coefficient (Wildman–Crippen LogP) is 3.32. The molecule has 3 N–H and O–H groups in total. The molecule has 0 saturated heterocycles. The maximum atomic E-state index is 12.9. The van der Waals surface area contributed by atoms with Crippen molar-refractivity contribution in [1.82, 2.24) is 20.1 Å². The topological polar surface area (TPSA) is 85.8 Å². The second-order valence-corrected chi connectivity index (χ2v) is 7.60. The number of carbonyl (C=O) groups excluding carboxylic acids is 1. The Hall–Kier alpha value is -1.67. The van der Waals surface area contributed by atoms with E-state index in [9.17, 15) is 4.79 Å². The first kappa shape index (κ1) is 21.6. The van der Waals surface area contributed by atoms with Crippen LogP contribution in [-0.4, -0.2) is 33.3 Å². The molecule has 146 valence electrons. The molecular weight excluding hydrogens is 405 g/mol. The van der Waals surface area contributed by atoms with E-state index in [1.807, 2.05) is 37.6 Å². The number of hydrogen-bond acceptors (Lipinski definition) is 5. The summed E-state index contributed by atoms with van der Waals surface area (Å²) in [6.07, 6.45) is 2.33. The molecule has 9 heteroatoms. The third-order valence-electron chi connectivity index (χ3n) is 4.71. The minimum atomic E-state index is -0.114. The third-order valence-corrected chi connectivity index (χ3v) is 5.61. The van der Waals surface area contributed by atoms with Crippen molar-refractivity contribution < 1.29 is 4.79 Å². The van der Waals surface area contributed by atoms with Crippen molar-refractivity contribution in [2.75, 3.05) is 6.54 Å². The lowest BCUT2D eigenvalue weighted by atomic mass is 10.1. The highest BCUT2D eigenvalue weighted by molar-refractivity contribution is 7.13. The minimum absolute atomic E-state index is 0. The van der Waals surface area contributed by atoms with Gasteiger partial charge in [-0.25, -0.2) is 4.98 Å². The van der Waals surface area contributed by atoms with Gasteiger partial charge in [0.25, 0.3) is 5.91 Å². The molecule has 1 saturated carbocycles. The van der Waals surface area contributed by atoms with Gasteiger partial charge in [0, 0.05) is 19.6 Å². The van der Waals surface area contributed by atoms with Crippen LogP contribution in [0.3, 0.4) is 0 Å². The molecular formula is C18H23Cl2N5OS. The molecule has 27 heavy (non-hydrogen) atoms. The smallest absolute Gasteiger partial charge is 0.252 e. The van der Waals surface area contributed by atoms with Gasteiger partial charge in [0.05, 0.1) is 27.2 Å². The van der Waals surface area contributed by atoms with Crippen molar-refractivity contribution in [3.05, 3.63) is 34.8 Å². The van der Waals surface area contributed by atoms with Crippen molar-refractivity contribution >= 4 is 53.1 Å². The van der Waals surface area contributed by atoms with Gasteiger partial charge >= 0.3 is 0 Å². The normalized spacial score (nSPS) is 14.3. The number of halogens is 2. The Morgan fingerprint density at radius 3 is 2.81 bits per heavy atom. The Morgan fingerprint density at radius 1 is 1.44 bits per heavy atom. The van der Waals surface area contributed by atoms with E-state index in [4.69, 9.17) is 10.7 Å². The molecule has 3 aromatic rings. The van der Waals surface area contributed by atoms with E-state index >= 15 is 0 Å². The van der Waals surface area contributed by atoms with Gasteiger partial charge in [-0.15, -0.1) is 36.2 Å². The molecule has 3 aromatic heterocycles. The maximum Gasteiger partial charge on any atom is 0.252 e. The van der Waals surface area contributed by atoms with Crippen LogP contribution in [0.15, 0.2) is 23.6 Å². The van der Waals surface area contributed by atoms with Crippen LogP contribution in [0.5, 0.6) is 0 Å². The Morgan fingerprint density at radius 2 is 2.19 bits per heavy atom. The standard InChI is InChI=1S/C18H21N5OS.2ClH/c1-10-16-12(18(24)20-9-13(19)11-5-6-11)8-14(15-4-3-7-25-15)21-17(16)23(2)22-10;;/h3-4,7-8,11,13H,5-6,9,19H2,1-2H3,(H,20,24);2*1H. The molecule has 1 fully saturated rings. The van der Waals surface area contributed by atoms with E-state index in [2.05, 4.69) is 10.4 Å². The second kappa shape index (κ2) is 8.56. The van der Waals surface area contributed by atoms with Crippen molar-refractivity contribution in [2.45, 2.75) is 25.8 Å². The molecule has 3 heterocycles. The number of rotatable bonds is 5. The Labute approximate surface area is 174 Å². The lowest BCUT2D eigenvalue weighted by molar-refractivity contribution is 0.0952. The number of amides is 1. The summed E-state index contributed by atoms with van der Waals surface area (Å²) in [5.41, 5.74) is 9.05. The molecule has 0 radical (unpaired) electrons.